The maximum atomic E-state index is 12.4. The molecule has 0 spiro atoms. The summed E-state index contributed by atoms with van der Waals surface area (Å²) in [5.41, 5.74) is 2.03. The molecular weight excluding hydrogens is 398 g/mol. The standard InChI is InChI=1S/C22H25N5O2S/c28-20(23-19-11-12-26(15-19)13-17-7-3-1-4-8-17)16-30-22-25-24-21(29)27(22)14-18-9-5-2-6-10-18/h1-10,19H,11-16H2,(H,23,28)(H,24,29). The average molecular weight is 424 g/mol. The first kappa shape index (κ1) is 20.4. The fourth-order valence-electron chi connectivity index (χ4n) is 3.65. The summed E-state index contributed by atoms with van der Waals surface area (Å²) < 4.78 is 1.56. The van der Waals surface area contributed by atoms with Crippen molar-refractivity contribution in [3.05, 3.63) is 82.3 Å². The molecule has 1 aliphatic heterocycles. The molecule has 0 aliphatic carbocycles. The Hall–Kier alpha value is -2.84. The van der Waals surface area contributed by atoms with E-state index in [0.29, 0.717) is 11.7 Å². The van der Waals surface area contributed by atoms with Crippen LogP contribution in [-0.2, 0) is 17.9 Å². The Labute approximate surface area is 179 Å². The van der Waals surface area contributed by atoms with E-state index in [-0.39, 0.29) is 23.4 Å². The third kappa shape index (κ3) is 5.40. The minimum Gasteiger partial charge on any atom is -0.351 e. The van der Waals surface area contributed by atoms with E-state index in [4.69, 9.17) is 0 Å². The van der Waals surface area contributed by atoms with Crippen molar-refractivity contribution >= 4 is 17.7 Å². The van der Waals surface area contributed by atoms with Crippen LogP contribution in [0.15, 0.2) is 70.6 Å². The van der Waals surface area contributed by atoms with Crippen LogP contribution in [0, 0.1) is 0 Å². The molecule has 1 aromatic heterocycles. The second-order valence-electron chi connectivity index (χ2n) is 7.45. The highest BCUT2D eigenvalue weighted by Gasteiger charge is 2.24. The minimum absolute atomic E-state index is 0.0340. The van der Waals surface area contributed by atoms with E-state index in [1.54, 1.807) is 4.57 Å². The van der Waals surface area contributed by atoms with Gasteiger partial charge in [-0.2, -0.15) is 0 Å². The number of carbonyl (C=O) groups is 1. The second-order valence-corrected chi connectivity index (χ2v) is 8.39. The first-order valence-corrected chi connectivity index (χ1v) is 11.0. The summed E-state index contributed by atoms with van der Waals surface area (Å²) in [5.74, 6) is 0.196. The molecule has 2 aromatic carbocycles. The van der Waals surface area contributed by atoms with Gasteiger partial charge in [0.2, 0.25) is 5.91 Å². The van der Waals surface area contributed by atoms with Crippen molar-refractivity contribution in [2.45, 2.75) is 30.7 Å². The number of rotatable bonds is 8. The Morgan fingerprint density at radius 1 is 1.07 bits per heavy atom. The average Bonchev–Trinajstić information content (AvgIpc) is 3.34. The van der Waals surface area contributed by atoms with E-state index in [2.05, 4.69) is 32.5 Å². The van der Waals surface area contributed by atoms with Gasteiger partial charge in [0.15, 0.2) is 5.16 Å². The highest BCUT2D eigenvalue weighted by molar-refractivity contribution is 7.99. The van der Waals surface area contributed by atoms with Gasteiger partial charge in [-0.15, -0.1) is 5.10 Å². The largest absolute Gasteiger partial charge is 0.351 e. The molecule has 2 heterocycles. The van der Waals surface area contributed by atoms with Crippen LogP contribution in [0.4, 0.5) is 0 Å². The molecular formula is C22H25N5O2S. The van der Waals surface area contributed by atoms with Gasteiger partial charge in [0.1, 0.15) is 0 Å². The first-order chi connectivity index (χ1) is 14.7. The van der Waals surface area contributed by atoms with Gasteiger partial charge >= 0.3 is 5.69 Å². The summed E-state index contributed by atoms with van der Waals surface area (Å²) in [6.45, 7) is 3.16. The SMILES string of the molecule is O=C(CSc1n[nH]c(=O)n1Cc1ccccc1)NC1CCN(Cc2ccccc2)C1. The first-order valence-electron chi connectivity index (χ1n) is 10.0. The summed E-state index contributed by atoms with van der Waals surface area (Å²) in [6.07, 6.45) is 0.949. The molecule has 8 heteroatoms. The van der Waals surface area contributed by atoms with Gasteiger partial charge in [-0.05, 0) is 17.5 Å². The lowest BCUT2D eigenvalue weighted by Gasteiger charge is -2.16. The van der Waals surface area contributed by atoms with Crippen molar-refractivity contribution in [2.24, 2.45) is 0 Å². The van der Waals surface area contributed by atoms with Gasteiger partial charge in [0.25, 0.3) is 0 Å². The molecule has 0 bridgehead atoms. The quantitative estimate of drug-likeness (QED) is 0.542. The number of carbonyl (C=O) groups excluding carboxylic acids is 1. The van der Waals surface area contributed by atoms with Gasteiger partial charge in [-0.3, -0.25) is 14.3 Å². The summed E-state index contributed by atoms with van der Waals surface area (Å²) in [6, 6.07) is 20.3. The lowest BCUT2D eigenvalue weighted by molar-refractivity contribution is -0.119. The molecule has 1 unspecified atom stereocenters. The predicted molar refractivity (Wildman–Crippen MR) is 117 cm³/mol. The number of amides is 1. The van der Waals surface area contributed by atoms with Crippen molar-refractivity contribution in [1.29, 1.82) is 0 Å². The smallest absolute Gasteiger partial charge is 0.344 e. The number of benzene rings is 2. The van der Waals surface area contributed by atoms with Crippen molar-refractivity contribution in [3.63, 3.8) is 0 Å². The number of aromatic nitrogens is 3. The van der Waals surface area contributed by atoms with Crippen LogP contribution < -0.4 is 11.0 Å². The van der Waals surface area contributed by atoms with E-state index in [1.807, 2.05) is 48.5 Å². The van der Waals surface area contributed by atoms with Crippen LogP contribution in [0.25, 0.3) is 0 Å². The molecule has 1 atom stereocenters. The molecule has 3 aromatic rings. The number of thioether (sulfide) groups is 1. The lowest BCUT2D eigenvalue weighted by Crippen LogP contribution is -2.38. The molecule has 156 valence electrons. The number of nitrogens with zero attached hydrogens (tertiary/aromatic N) is 3. The Morgan fingerprint density at radius 3 is 2.43 bits per heavy atom. The number of nitrogens with one attached hydrogen (secondary N) is 2. The maximum absolute atomic E-state index is 12.4. The van der Waals surface area contributed by atoms with Crippen LogP contribution in [0.5, 0.6) is 0 Å². The fraction of sp³-hybridized carbons (Fsp3) is 0.318. The van der Waals surface area contributed by atoms with E-state index in [9.17, 15) is 9.59 Å². The summed E-state index contributed by atoms with van der Waals surface area (Å²) in [4.78, 5) is 26.9. The van der Waals surface area contributed by atoms with Crippen molar-refractivity contribution in [3.8, 4) is 0 Å². The molecule has 0 saturated carbocycles. The molecule has 2 N–H and O–H groups in total. The Bertz CT molecular complexity index is 1020. The summed E-state index contributed by atoms with van der Waals surface area (Å²) in [7, 11) is 0. The molecule has 4 rings (SSSR count). The summed E-state index contributed by atoms with van der Waals surface area (Å²) in [5, 5.41) is 10.2. The number of H-pyrrole nitrogens is 1. The third-order valence-electron chi connectivity index (χ3n) is 5.13. The normalized spacial score (nSPS) is 16.6. The Kier molecular flexibility index (Phi) is 6.66. The van der Waals surface area contributed by atoms with Gasteiger partial charge in [-0.1, -0.05) is 72.4 Å². The fourth-order valence-corrected chi connectivity index (χ4v) is 4.41. The van der Waals surface area contributed by atoms with Crippen LogP contribution >= 0.6 is 11.8 Å². The third-order valence-corrected chi connectivity index (χ3v) is 6.10. The molecule has 7 nitrogen and oxygen atoms in total. The van der Waals surface area contributed by atoms with E-state index in [0.717, 1.165) is 31.6 Å². The highest BCUT2D eigenvalue weighted by Crippen LogP contribution is 2.16. The van der Waals surface area contributed by atoms with E-state index >= 15 is 0 Å². The zero-order valence-corrected chi connectivity index (χ0v) is 17.5. The topological polar surface area (TPSA) is 83.0 Å². The van der Waals surface area contributed by atoms with Gasteiger partial charge in [0.05, 0.1) is 12.3 Å². The number of hydrogen-bond acceptors (Lipinski definition) is 5. The van der Waals surface area contributed by atoms with Crippen LogP contribution in [0.1, 0.15) is 17.5 Å². The number of aromatic amines is 1. The van der Waals surface area contributed by atoms with Crippen LogP contribution in [0.3, 0.4) is 0 Å². The predicted octanol–water partition coefficient (Wildman–Crippen LogP) is 2.10. The molecule has 1 aliphatic rings. The molecule has 1 fully saturated rings. The molecule has 0 radical (unpaired) electrons. The minimum atomic E-state index is -0.269. The molecule has 30 heavy (non-hydrogen) atoms. The van der Waals surface area contributed by atoms with Gasteiger partial charge in [0, 0.05) is 25.7 Å². The zero-order valence-electron chi connectivity index (χ0n) is 16.7. The lowest BCUT2D eigenvalue weighted by atomic mass is 10.2. The molecule has 1 saturated heterocycles. The van der Waals surface area contributed by atoms with Gasteiger partial charge in [-0.25, -0.2) is 9.89 Å². The Morgan fingerprint density at radius 2 is 1.73 bits per heavy atom. The number of likely N-dealkylation sites (tertiary alicyclic amines) is 1. The summed E-state index contributed by atoms with van der Waals surface area (Å²) >= 11 is 1.28. The van der Waals surface area contributed by atoms with Crippen molar-refractivity contribution in [1.82, 2.24) is 25.0 Å². The van der Waals surface area contributed by atoms with Crippen LogP contribution in [-0.4, -0.2) is 50.5 Å². The van der Waals surface area contributed by atoms with Crippen molar-refractivity contribution < 1.29 is 4.79 Å². The monoisotopic (exact) mass is 423 g/mol. The maximum Gasteiger partial charge on any atom is 0.344 e. The Balaban J connectivity index is 1.26. The highest BCUT2D eigenvalue weighted by atomic mass is 32.2. The molecule has 1 amide bonds. The van der Waals surface area contributed by atoms with Crippen LogP contribution in [0.2, 0.25) is 0 Å². The zero-order chi connectivity index (χ0) is 20.8. The second kappa shape index (κ2) is 9.77. The van der Waals surface area contributed by atoms with E-state index in [1.165, 1.54) is 17.3 Å². The van der Waals surface area contributed by atoms with Gasteiger partial charge < -0.3 is 5.32 Å². The number of hydrogen-bond donors (Lipinski definition) is 2. The van der Waals surface area contributed by atoms with Crippen molar-refractivity contribution in [2.75, 3.05) is 18.8 Å². The van der Waals surface area contributed by atoms with E-state index < -0.39 is 0 Å².